The van der Waals surface area contributed by atoms with Crippen molar-refractivity contribution in [1.82, 2.24) is 0 Å². The van der Waals surface area contributed by atoms with Crippen LogP contribution in [-0.4, -0.2) is 6.21 Å². The van der Waals surface area contributed by atoms with E-state index < -0.39 is 5.41 Å². The maximum Gasteiger partial charge on any atom is 0.0719 e. The smallest absolute Gasteiger partial charge is 0.0719 e. The van der Waals surface area contributed by atoms with E-state index in [0.717, 1.165) is 18.4 Å². The van der Waals surface area contributed by atoms with Crippen LogP contribution in [0.2, 0.25) is 0 Å². The molecule has 0 heterocycles. The highest BCUT2D eigenvalue weighted by molar-refractivity contribution is 5.99. The summed E-state index contributed by atoms with van der Waals surface area (Å²) in [6.45, 7) is 4.72. The summed E-state index contributed by atoms with van der Waals surface area (Å²) in [4.78, 5) is 0. The zero-order valence-corrected chi connectivity index (χ0v) is 27.4. The van der Waals surface area contributed by atoms with Gasteiger partial charge in [-0.1, -0.05) is 159 Å². The SMILES string of the molecule is CC1(C)c2ccccc2C2(c3ccc(-c4ccc(C5=CC(c6ccccc6)=CCC5)cc4)cc3-c3c(C=N)cccc32)c2ccccc21. The minimum absolute atomic E-state index is 0.131. The van der Waals surface area contributed by atoms with Crippen LogP contribution in [0.1, 0.15) is 76.8 Å². The molecule has 0 saturated carbocycles. The highest BCUT2D eigenvalue weighted by Crippen LogP contribution is 2.62. The topological polar surface area (TPSA) is 23.9 Å². The standard InChI is InChI=1S/C47H37N/c1-46(2)40-17-6-8-19-42(40)47(43-20-9-7-18-41(43)46)39-27-26-36(29-38(39)45-37(30-48)16-11-21-44(45)47)33-24-22-32(23-25-33)35-15-10-14-34(28-35)31-12-4-3-5-13-31/h3-9,11-14,16-30,48H,10,15H2,1-2H3. The van der Waals surface area contributed by atoms with Gasteiger partial charge in [-0.3, -0.25) is 0 Å². The first kappa shape index (κ1) is 28.7. The van der Waals surface area contributed by atoms with Crippen molar-refractivity contribution in [2.24, 2.45) is 0 Å². The van der Waals surface area contributed by atoms with E-state index >= 15 is 0 Å². The zero-order chi connectivity index (χ0) is 32.5. The van der Waals surface area contributed by atoms with Gasteiger partial charge in [0.2, 0.25) is 0 Å². The third-order valence-corrected chi connectivity index (χ3v) is 11.2. The van der Waals surface area contributed by atoms with Gasteiger partial charge in [0.05, 0.1) is 5.41 Å². The quantitative estimate of drug-likeness (QED) is 0.191. The van der Waals surface area contributed by atoms with E-state index in [2.05, 4.69) is 166 Å². The molecule has 0 fully saturated rings. The van der Waals surface area contributed by atoms with Crippen molar-refractivity contribution in [2.75, 3.05) is 0 Å². The zero-order valence-electron chi connectivity index (χ0n) is 27.4. The molecule has 230 valence electrons. The van der Waals surface area contributed by atoms with Crippen LogP contribution in [0.15, 0.2) is 152 Å². The summed E-state index contributed by atoms with van der Waals surface area (Å²) in [5.74, 6) is 0. The maximum absolute atomic E-state index is 8.48. The highest BCUT2D eigenvalue weighted by atomic mass is 14.5. The lowest BCUT2D eigenvalue weighted by molar-refractivity contribution is 0.563. The molecular weight excluding hydrogens is 579 g/mol. The first-order valence-corrected chi connectivity index (χ1v) is 17.1. The highest BCUT2D eigenvalue weighted by Gasteiger charge is 2.53. The molecule has 3 aliphatic rings. The molecule has 1 spiro atoms. The molecule has 0 radical (unpaired) electrons. The molecule has 9 rings (SSSR count). The molecule has 3 aliphatic carbocycles. The van der Waals surface area contributed by atoms with Gasteiger partial charge in [-0.2, -0.15) is 0 Å². The van der Waals surface area contributed by atoms with Gasteiger partial charge in [0.25, 0.3) is 0 Å². The predicted molar refractivity (Wildman–Crippen MR) is 201 cm³/mol. The second-order valence-corrected chi connectivity index (χ2v) is 14.0. The third kappa shape index (κ3) is 4.00. The van der Waals surface area contributed by atoms with E-state index in [0.29, 0.717) is 0 Å². The Labute approximate surface area is 283 Å². The summed E-state index contributed by atoms with van der Waals surface area (Å²) in [6.07, 6.45) is 8.36. The van der Waals surface area contributed by atoms with Crippen LogP contribution in [0.25, 0.3) is 33.4 Å². The number of benzene rings is 6. The third-order valence-electron chi connectivity index (χ3n) is 11.2. The van der Waals surface area contributed by atoms with Gasteiger partial charge in [-0.05, 0) is 96.8 Å². The Hall–Kier alpha value is -5.53. The van der Waals surface area contributed by atoms with E-state index in [-0.39, 0.29) is 5.41 Å². The van der Waals surface area contributed by atoms with Crippen LogP contribution in [0.4, 0.5) is 0 Å². The number of fused-ring (bicyclic) bond motifs is 9. The summed E-state index contributed by atoms with van der Waals surface area (Å²) in [5, 5.41) is 8.48. The van der Waals surface area contributed by atoms with Crippen LogP contribution < -0.4 is 0 Å². The summed E-state index contributed by atoms with van der Waals surface area (Å²) < 4.78 is 0. The van der Waals surface area contributed by atoms with Crippen LogP contribution in [0.5, 0.6) is 0 Å². The number of hydrogen-bond donors (Lipinski definition) is 1. The number of nitrogens with one attached hydrogen (secondary N) is 1. The molecule has 0 unspecified atom stereocenters. The molecule has 48 heavy (non-hydrogen) atoms. The lowest BCUT2D eigenvalue weighted by Gasteiger charge is -2.46. The van der Waals surface area contributed by atoms with Crippen molar-refractivity contribution in [3.05, 3.63) is 202 Å². The summed E-state index contributed by atoms with van der Waals surface area (Å²) >= 11 is 0. The monoisotopic (exact) mass is 615 g/mol. The second-order valence-electron chi connectivity index (χ2n) is 14.0. The Morgan fingerprint density at radius 3 is 1.83 bits per heavy atom. The molecule has 0 bridgehead atoms. The van der Waals surface area contributed by atoms with Crippen molar-refractivity contribution >= 4 is 17.4 Å². The van der Waals surface area contributed by atoms with E-state index in [9.17, 15) is 0 Å². The van der Waals surface area contributed by atoms with Crippen molar-refractivity contribution in [3.8, 4) is 22.3 Å². The van der Waals surface area contributed by atoms with Crippen LogP contribution in [-0.2, 0) is 10.8 Å². The van der Waals surface area contributed by atoms with Crippen molar-refractivity contribution in [2.45, 2.75) is 37.5 Å². The summed E-state index contributed by atoms with van der Waals surface area (Å²) in [5.41, 5.74) is 18.4. The Morgan fingerprint density at radius 1 is 0.542 bits per heavy atom. The molecule has 0 atom stereocenters. The molecule has 1 N–H and O–H groups in total. The fourth-order valence-electron chi connectivity index (χ4n) is 8.93. The average Bonchev–Trinajstić information content (AvgIpc) is 3.45. The molecule has 6 aromatic rings. The first-order chi connectivity index (χ1) is 23.5. The van der Waals surface area contributed by atoms with E-state index in [1.807, 2.05) is 0 Å². The second kappa shape index (κ2) is 10.8. The molecule has 0 amide bonds. The fraction of sp³-hybridized carbons (Fsp3) is 0.128. The van der Waals surface area contributed by atoms with Crippen molar-refractivity contribution in [1.29, 1.82) is 5.41 Å². The fourth-order valence-corrected chi connectivity index (χ4v) is 8.93. The minimum atomic E-state index is -0.452. The molecular formula is C47H37N. The minimum Gasteiger partial charge on any atom is -0.308 e. The number of rotatable bonds is 4. The van der Waals surface area contributed by atoms with Gasteiger partial charge < -0.3 is 5.41 Å². The Balaban J connectivity index is 1.20. The van der Waals surface area contributed by atoms with Gasteiger partial charge in [-0.25, -0.2) is 0 Å². The number of hydrogen-bond acceptors (Lipinski definition) is 1. The first-order valence-electron chi connectivity index (χ1n) is 17.1. The number of allylic oxidation sites excluding steroid dienone is 4. The van der Waals surface area contributed by atoms with Gasteiger partial charge in [0.1, 0.15) is 0 Å². The predicted octanol–water partition coefficient (Wildman–Crippen LogP) is 11.6. The Morgan fingerprint density at radius 2 is 1.15 bits per heavy atom. The van der Waals surface area contributed by atoms with E-state index in [1.54, 1.807) is 0 Å². The summed E-state index contributed by atoms with van der Waals surface area (Å²) in [6, 6.07) is 51.5. The average molecular weight is 616 g/mol. The molecule has 0 aliphatic heterocycles. The molecule has 1 nitrogen and oxygen atoms in total. The van der Waals surface area contributed by atoms with Crippen molar-refractivity contribution in [3.63, 3.8) is 0 Å². The molecule has 0 aromatic heterocycles. The lowest BCUT2D eigenvalue weighted by Crippen LogP contribution is -2.40. The molecule has 1 heteroatoms. The largest absolute Gasteiger partial charge is 0.308 e. The molecule has 0 saturated heterocycles. The summed E-state index contributed by atoms with van der Waals surface area (Å²) in [7, 11) is 0. The van der Waals surface area contributed by atoms with Gasteiger partial charge in [0.15, 0.2) is 0 Å². The Kier molecular flexibility index (Phi) is 6.42. The Bertz CT molecular complexity index is 2260. The van der Waals surface area contributed by atoms with E-state index in [4.69, 9.17) is 5.41 Å². The maximum atomic E-state index is 8.48. The normalized spacial score (nSPS) is 16.2. The van der Waals surface area contributed by atoms with Gasteiger partial charge >= 0.3 is 0 Å². The molecule has 6 aromatic carbocycles. The van der Waals surface area contributed by atoms with Gasteiger partial charge in [-0.15, -0.1) is 0 Å². The van der Waals surface area contributed by atoms with Gasteiger partial charge in [0, 0.05) is 17.2 Å². The lowest BCUT2D eigenvalue weighted by atomic mass is 9.55. The van der Waals surface area contributed by atoms with Crippen LogP contribution in [0, 0.1) is 5.41 Å². The van der Waals surface area contributed by atoms with Crippen molar-refractivity contribution < 1.29 is 0 Å². The van der Waals surface area contributed by atoms with Crippen LogP contribution >= 0.6 is 0 Å². The van der Waals surface area contributed by atoms with Crippen LogP contribution in [0.3, 0.4) is 0 Å². The van der Waals surface area contributed by atoms with E-state index in [1.165, 1.54) is 84.1 Å².